The molecule has 0 saturated carbocycles. The summed E-state index contributed by atoms with van der Waals surface area (Å²) < 4.78 is 6.79. The van der Waals surface area contributed by atoms with Crippen molar-refractivity contribution >= 4 is 97.3 Å². The predicted molar refractivity (Wildman–Crippen MR) is 218 cm³/mol. The van der Waals surface area contributed by atoms with E-state index in [9.17, 15) is 0 Å². The van der Waals surface area contributed by atoms with Crippen LogP contribution in [-0.2, 0) is 0 Å². The van der Waals surface area contributed by atoms with Crippen LogP contribution in [0.5, 0.6) is 0 Å². The second-order valence-corrected chi connectivity index (χ2v) is 13.9. The molecule has 0 N–H and O–H groups in total. The molecule has 1 heteroatoms. The molecule has 0 fully saturated rings. The summed E-state index contributed by atoms with van der Waals surface area (Å²) in [6.07, 6.45) is 0. The van der Waals surface area contributed by atoms with Crippen molar-refractivity contribution < 1.29 is 4.42 Å². The molecule has 0 bridgehead atoms. The lowest BCUT2D eigenvalue weighted by Crippen LogP contribution is -1.93. The Hall–Kier alpha value is -6.70. The fourth-order valence-corrected chi connectivity index (χ4v) is 9.26. The molecule has 51 heavy (non-hydrogen) atoms. The van der Waals surface area contributed by atoms with Gasteiger partial charge in [-0.15, -0.1) is 0 Å². The highest BCUT2D eigenvalue weighted by molar-refractivity contribution is 6.37. The maximum Gasteiger partial charge on any atom is 0.143 e. The molecule has 0 atom stereocenters. The van der Waals surface area contributed by atoms with Gasteiger partial charge >= 0.3 is 0 Å². The number of hydrogen-bond donors (Lipinski definition) is 0. The highest BCUT2D eigenvalue weighted by Gasteiger charge is 2.22. The van der Waals surface area contributed by atoms with Gasteiger partial charge in [-0.2, -0.15) is 0 Å². The molecule has 0 aliphatic carbocycles. The lowest BCUT2D eigenvalue weighted by atomic mass is 9.83. The summed E-state index contributed by atoms with van der Waals surface area (Å²) in [5, 5.41) is 19.9. The molecule has 1 aromatic heterocycles. The molecule has 1 heterocycles. The molecule has 0 saturated heterocycles. The van der Waals surface area contributed by atoms with Crippen LogP contribution in [0.2, 0.25) is 0 Å². The minimum atomic E-state index is 0.915. The third-order valence-electron chi connectivity index (χ3n) is 11.3. The van der Waals surface area contributed by atoms with Crippen LogP contribution >= 0.6 is 0 Å². The van der Waals surface area contributed by atoms with Gasteiger partial charge in [0.15, 0.2) is 0 Å². The number of benzene rings is 11. The van der Waals surface area contributed by atoms with Crippen LogP contribution in [0.3, 0.4) is 0 Å². The van der Waals surface area contributed by atoms with Crippen LogP contribution in [-0.4, -0.2) is 0 Å². The number of furan rings is 1. The highest BCUT2D eigenvalue weighted by Crippen LogP contribution is 2.49. The molecule has 12 rings (SSSR count). The van der Waals surface area contributed by atoms with Crippen LogP contribution in [0.4, 0.5) is 0 Å². The summed E-state index contributed by atoms with van der Waals surface area (Å²) >= 11 is 0. The van der Waals surface area contributed by atoms with E-state index in [-0.39, 0.29) is 0 Å². The molecule has 11 aromatic carbocycles. The summed E-state index contributed by atoms with van der Waals surface area (Å²) in [6, 6.07) is 62.5. The highest BCUT2D eigenvalue weighted by atomic mass is 16.3. The van der Waals surface area contributed by atoms with Crippen molar-refractivity contribution in [1.29, 1.82) is 0 Å². The molecular weight excluding hydrogens is 617 g/mol. The first-order valence-electron chi connectivity index (χ1n) is 17.7. The van der Waals surface area contributed by atoms with Crippen LogP contribution < -0.4 is 0 Å². The molecule has 0 spiro atoms. The fourth-order valence-electron chi connectivity index (χ4n) is 9.26. The lowest BCUT2D eigenvalue weighted by Gasteiger charge is -2.20. The monoisotopic (exact) mass is 644 g/mol. The Kier molecular flexibility index (Phi) is 5.29. The van der Waals surface area contributed by atoms with Gasteiger partial charge in [-0.05, 0) is 105 Å². The first-order chi connectivity index (χ1) is 25.3. The number of rotatable bonds is 2. The van der Waals surface area contributed by atoms with Crippen LogP contribution in [0, 0.1) is 0 Å². The molecule has 0 unspecified atom stereocenters. The predicted octanol–water partition coefficient (Wildman–Crippen LogP) is 14.4. The number of fused-ring (bicyclic) bond motifs is 9. The maximum absolute atomic E-state index is 6.79. The maximum atomic E-state index is 6.79. The summed E-state index contributed by atoms with van der Waals surface area (Å²) in [5.74, 6) is 0. The summed E-state index contributed by atoms with van der Waals surface area (Å²) in [4.78, 5) is 0. The molecular formula is C50H28O. The van der Waals surface area contributed by atoms with Gasteiger partial charge in [0.2, 0.25) is 0 Å². The van der Waals surface area contributed by atoms with Crippen molar-refractivity contribution in [3.63, 3.8) is 0 Å². The van der Waals surface area contributed by atoms with E-state index in [0.717, 1.165) is 16.6 Å². The smallest absolute Gasteiger partial charge is 0.143 e. The molecule has 0 aliphatic rings. The van der Waals surface area contributed by atoms with Crippen molar-refractivity contribution in [1.82, 2.24) is 0 Å². The van der Waals surface area contributed by atoms with E-state index >= 15 is 0 Å². The van der Waals surface area contributed by atoms with Crippen LogP contribution in [0.25, 0.3) is 120 Å². The van der Waals surface area contributed by atoms with E-state index in [4.69, 9.17) is 4.42 Å². The topological polar surface area (TPSA) is 13.1 Å². The zero-order valence-corrected chi connectivity index (χ0v) is 27.6. The average Bonchev–Trinajstić information content (AvgIpc) is 3.58. The van der Waals surface area contributed by atoms with E-state index in [1.54, 1.807) is 0 Å². The van der Waals surface area contributed by atoms with Crippen molar-refractivity contribution in [3.8, 4) is 22.3 Å². The largest absolute Gasteiger partial charge is 0.455 e. The van der Waals surface area contributed by atoms with Gasteiger partial charge in [0.25, 0.3) is 0 Å². The first kappa shape index (κ1) is 27.2. The van der Waals surface area contributed by atoms with Crippen molar-refractivity contribution in [2.75, 3.05) is 0 Å². The fraction of sp³-hybridized carbons (Fsp3) is 0. The van der Waals surface area contributed by atoms with Crippen molar-refractivity contribution in [2.24, 2.45) is 0 Å². The lowest BCUT2D eigenvalue weighted by molar-refractivity contribution is 0.673. The Labute approximate surface area is 292 Å². The normalized spacial score (nSPS) is 12.3. The quantitative estimate of drug-likeness (QED) is 0.135. The summed E-state index contributed by atoms with van der Waals surface area (Å²) in [7, 11) is 0. The molecule has 0 aliphatic heterocycles. The van der Waals surface area contributed by atoms with Gasteiger partial charge < -0.3 is 4.42 Å². The van der Waals surface area contributed by atoms with Gasteiger partial charge in [-0.3, -0.25) is 0 Å². The SMILES string of the molecule is c1ccc2c(-c3c4ccccc4c(-c4ccc5oc6c7cccc8ccc9cccc(c6c5c4)c9c87)c4ccccc34)c3ccccc3cc2c1. The number of hydrogen-bond acceptors (Lipinski definition) is 1. The Morgan fingerprint density at radius 3 is 1.37 bits per heavy atom. The Balaban J connectivity index is 1.23. The van der Waals surface area contributed by atoms with Gasteiger partial charge in [0.1, 0.15) is 11.2 Å². The molecule has 234 valence electrons. The van der Waals surface area contributed by atoms with Gasteiger partial charge in [-0.1, -0.05) is 152 Å². The zero-order valence-electron chi connectivity index (χ0n) is 27.6. The second kappa shape index (κ2) is 9.94. The third kappa shape index (κ3) is 3.60. The molecule has 1 nitrogen and oxygen atoms in total. The minimum absolute atomic E-state index is 0.915. The van der Waals surface area contributed by atoms with E-state index < -0.39 is 0 Å². The third-order valence-corrected chi connectivity index (χ3v) is 11.3. The summed E-state index contributed by atoms with van der Waals surface area (Å²) in [6.45, 7) is 0. The van der Waals surface area contributed by atoms with E-state index in [0.29, 0.717) is 0 Å². The second-order valence-electron chi connectivity index (χ2n) is 13.9. The molecule has 12 aromatic rings. The van der Waals surface area contributed by atoms with Crippen LogP contribution in [0.1, 0.15) is 0 Å². The molecule has 0 radical (unpaired) electrons. The van der Waals surface area contributed by atoms with Crippen molar-refractivity contribution in [2.45, 2.75) is 0 Å². The average molecular weight is 645 g/mol. The van der Waals surface area contributed by atoms with E-state index in [1.807, 2.05) is 0 Å². The van der Waals surface area contributed by atoms with Gasteiger partial charge in [0, 0.05) is 21.5 Å². The van der Waals surface area contributed by atoms with Gasteiger partial charge in [-0.25, -0.2) is 0 Å². The summed E-state index contributed by atoms with van der Waals surface area (Å²) in [5.41, 5.74) is 6.91. The zero-order chi connectivity index (χ0) is 33.2. The molecule has 0 amide bonds. The standard InChI is InChI=1S/C50H28O/c1-3-15-34-31(11-1)27-32-12-2-4-16-35(32)47(34)48-38-19-7-5-17-36(38)44(37-18-6-8-20-39(37)48)33-25-26-43-42(28-33)49-40-21-9-13-29-23-24-30-14-10-22-41(50(49)51-43)46(30)45(29)40/h1-28H. The Morgan fingerprint density at radius 2 is 0.745 bits per heavy atom. The van der Waals surface area contributed by atoms with Gasteiger partial charge in [0.05, 0.1) is 0 Å². The minimum Gasteiger partial charge on any atom is -0.455 e. The Morgan fingerprint density at radius 1 is 0.275 bits per heavy atom. The first-order valence-corrected chi connectivity index (χ1v) is 17.7. The van der Waals surface area contributed by atoms with Crippen LogP contribution in [0.15, 0.2) is 174 Å². The van der Waals surface area contributed by atoms with Crippen molar-refractivity contribution in [3.05, 3.63) is 170 Å². The van der Waals surface area contributed by atoms with E-state index in [2.05, 4.69) is 170 Å². The van der Waals surface area contributed by atoms with E-state index in [1.165, 1.54) is 103 Å². The Bertz CT molecular complexity index is 3310.